The van der Waals surface area contributed by atoms with Crippen molar-refractivity contribution in [3.8, 4) is 0 Å². The van der Waals surface area contributed by atoms with Crippen molar-refractivity contribution in [1.82, 2.24) is 9.62 Å². The van der Waals surface area contributed by atoms with Crippen LogP contribution < -0.4 is 5.32 Å². The maximum absolute atomic E-state index is 12.4. The van der Waals surface area contributed by atoms with Gasteiger partial charge in [0.05, 0.1) is 13.2 Å². The predicted octanol–water partition coefficient (Wildman–Crippen LogP) is 1.35. The summed E-state index contributed by atoms with van der Waals surface area (Å²) in [6.07, 6.45) is 0. The minimum Gasteiger partial charge on any atom is -0.464 e. The quantitative estimate of drug-likeness (QED) is 0.785. The van der Waals surface area contributed by atoms with Gasteiger partial charge in [0.25, 0.3) is 0 Å². The van der Waals surface area contributed by atoms with Crippen LogP contribution in [0.4, 0.5) is 0 Å². The summed E-state index contributed by atoms with van der Waals surface area (Å²) in [5, 5.41) is 3.20. The Hall–Kier alpha value is -0.890. The molecule has 0 aliphatic heterocycles. The van der Waals surface area contributed by atoms with E-state index in [1.54, 1.807) is 20.1 Å². The number of furan rings is 1. The van der Waals surface area contributed by atoms with Gasteiger partial charge in [-0.3, -0.25) is 0 Å². The molecule has 0 amide bonds. The Morgan fingerprint density at radius 2 is 2.10 bits per heavy atom. The van der Waals surface area contributed by atoms with Gasteiger partial charge in [-0.2, -0.15) is 4.31 Å². The van der Waals surface area contributed by atoms with Gasteiger partial charge in [-0.1, -0.05) is 13.8 Å². The van der Waals surface area contributed by atoms with Crippen LogP contribution in [0.15, 0.2) is 15.4 Å². The smallest absolute Gasteiger partial charge is 0.246 e. The molecule has 0 aliphatic carbocycles. The fourth-order valence-corrected chi connectivity index (χ4v) is 3.02. The molecule has 1 aromatic heterocycles. The van der Waals surface area contributed by atoms with Crippen LogP contribution in [0.1, 0.15) is 25.4 Å². The van der Waals surface area contributed by atoms with Gasteiger partial charge in [0.15, 0.2) is 0 Å². The molecule has 1 N–H and O–H groups in total. The van der Waals surface area contributed by atoms with E-state index in [1.807, 2.05) is 13.8 Å². The van der Waals surface area contributed by atoms with Gasteiger partial charge in [-0.25, -0.2) is 8.42 Å². The molecule has 1 heterocycles. The summed E-state index contributed by atoms with van der Waals surface area (Å²) >= 11 is 0. The Morgan fingerprint density at radius 1 is 1.45 bits per heavy atom. The molecule has 0 unspecified atom stereocenters. The molecule has 0 aliphatic rings. The third kappa shape index (κ3) is 4.31. The van der Waals surface area contributed by atoms with E-state index in [9.17, 15) is 8.42 Å². The maximum Gasteiger partial charge on any atom is 0.246 e. The fraction of sp³-hybridized carbons (Fsp3) is 0.692. The summed E-state index contributed by atoms with van der Waals surface area (Å²) in [5.41, 5.74) is 0. The number of hydrogen-bond donors (Lipinski definition) is 1. The molecule has 0 atom stereocenters. The number of hydrogen-bond acceptors (Lipinski definition) is 5. The van der Waals surface area contributed by atoms with Crippen molar-refractivity contribution in [2.24, 2.45) is 0 Å². The van der Waals surface area contributed by atoms with Crippen molar-refractivity contribution >= 4 is 10.0 Å². The van der Waals surface area contributed by atoms with E-state index in [0.29, 0.717) is 37.3 Å². The lowest BCUT2D eigenvalue weighted by Crippen LogP contribution is -2.30. The van der Waals surface area contributed by atoms with E-state index in [1.165, 1.54) is 11.4 Å². The zero-order chi connectivity index (χ0) is 15.3. The van der Waals surface area contributed by atoms with Crippen molar-refractivity contribution in [1.29, 1.82) is 0 Å². The first-order valence-electron chi connectivity index (χ1n) is 6.57. The Labute approximate surface area is 121 Å². The average Bonchev–Trinajstić information content (AvgIpc) is 2.75. The molecule has 1 rings (SSSR count). The van der Waals surface area contributed by atoms with Crippen molar-refractivity contribution in [3.05, 3.63) is 17.6 Å². The second-order valence-corrected chi connectivity index (χ2v) is 7.00. The molecule has 6 nitrogen and oxygen atoms in total. The summed E-state index contributed by atoms with van der Waals surface area (Å²) in [6.45, 7) is 6.88. The maximum atomic E-state index is 12.4. The first kappa shape index (κ1) is 17.2. The van der Waals surface area contributed by atoms with Crippen molar-refractivity contribution in [2.75, 3.05) is 27.3 Å². The highest BCUT2D eigenvalue weighted by Crippen LogP contribution is 2.22. The van der Waals surface area contributed by atoms with Crippen LogP contribution in [0.2, 0.25) is 0 Å². The predicted molar refractivity (Wildman–Crippen MR) is 77.1 cm³/mol. The molecule has 0 saturated heterocycles. The van der Waals surface area contributed by atoms with E-state index in [0.717, 1.165) is 0 Å². The number of methoxy groups -OCH3 is 1. The molecule has 0 saturated carbocycles. The van der Waals surface area contributed by atoms with Gasteiger partial charge in [0.2, 0.25) is 10.0 Å². The largest absolute Gasteiger partial charge is 0.464 e. The first-order valence-corrected chi connectivity index (χ1v) is 8.01. The second kappa shape index (κ2) is 7.21. The molecule has 116 valence electrons. The van der Waals surface area contributed by atoms with Crippen LogP contribution in [0.3, 0.4) is 0 Å². The molecule has 0 fully saturated rings. The van der Waals surface area contributed by atoms with Gasteiger partial charge < -0.3 is 14.5 Å². The van der Waals surface area contributed by atoms with Crippen LogP contribution in [0, 0.1) is 6.92 Å². The Kier molecular flexibility index (Phi) is 6.19. The number of nitrogens with one attached hydrogen (secondary N) is 1. The van der Waals surface area contributed by atoms with E-state index in [2.05, 4.69) is 5.32 Å². The van der Waals surface area contributed by atoms with E-state index < -0.39 is 10.0 Å². The second-order valence-electron chi connectivity index (χ2n) is 4.99. The minimum atomic E-state index is -3.53. The lowest BCUT2D eigenvalue weighted by molar-refractivity contribution is 0.185. The molecule has 7 heteroatoms. The lowest BCUT2D eigenvalue weighted by Gasteiger charge is -2.15. The topological polar surface area (TPSA) is 71.8 Å². The monoisotopic (exact) mass is 304 g/mol. The summed E-state index contributed by atoms with van der Waals surface area (Å²) < 4.78 is 36.5. The van der Waals surface area contributed by atoms with Crippen molar-refractivity contribution in [3.63, 3.8) is 0 Å². The Bertz CT molecular complexity index is 522. The average molecular weight is 304 g/mol. The number of likely N-dealkylation sites (N-methyl/N-ethyl adjacent to an activating group) is 1. The molecular formula is C13H24N2O4S. The summed E-state index contributed by atoms with van der Waals surface area (Å²) in [5.74, 6) is 1.03. The molecule has 0 radical (unpaired) electrons. The number of sulfonamides is 1. The Morgan fingerprint density at radius 3 is 2.65 bits per heavy atom. The molecule has 0 bridgehead atoms. The van der Waals surface area contributed by atoms with Gasteiger partial charge in [0.1, 0.15) is 16.4 Å². The van der Waals surface area contributed by atoms with Gasteiger partial charge in [0, 0.05) is 32.8 Å². The first-order chi connectivity index (χ1) is 9.28. The van der Waals surface area contributed by atoms with E-state index >= 15 is 0 Å². The minimum absolute atomic E-state index is 0.219. The van der Waals surface area contributed by atoms with Crippen molar-refractivity contribution < 1.29 is 17.6 Å². The third-order valence-electron chi connectivity index (χ3n) is 2.91. The third-order valence-corrected chi connectivity index (χ3v) is 4.87. The number of rotatable bonds is 8. The number of aryl methyl sites for hydroxylation is 1. The van der Waals surface area contributed by atoms with E-state index in [-0.39, 0.29) is 4.90 Å². The van der Waals surface area contributed by atoms with Gasteiger partial charge in [-0.05, 0) is 6.92 Å². The summed E-state index contributed by atoms with van der Waals surface area (Å²) in [4.78, 5) is 0.219. The van der Waals surface area contributed by atoms with Gasteiger partial charge in [-0.15, -0.1) is 0 Å². The van der Waals surface area contributed by atoms with Crippen LogP contribution in [-0.4, -0.2) is 46.1 Å². The highest BCUT2D eigenvalue weighted by Gasteiger charge is 2.25. The Balaban J connectivity index is 2.89. The normalized spacial score (nSPS) is 12.6. The molecular weight excluding hydrogens is 280 g/mol. The van der Waals surface area contributed by atoms with Crippen LogP contribution in [-0.2, 0) is 21.3 Å². The zero-order valence-electron chi connectivity index (χ0n) is 12.8. The van der Waals surface area contributed by atoms with Gasteiger partial charge >= 0.3 is 0 Å². The van der Waals surface area contributed by atoms with Crippen LogP contribution in [0.5, 0.6) is 0 Å². The molecule has 0 aromatic carbocycles. The zero-order valence-corrected chi connectivity index (χ0v) is 13.6. The molecule has 1 aromatic rings. The number of nitrogens with zero attached hydrogens (tertiary/aromatic N) is 1. The SMILES string of the molecule is COCCN(C)S(=O)(=O)c1cc(CNC(C)C)oc1C. The lowest BCUT2D eigenvalue weighted by atomic mass is 10.3. The summed E-state index contributed by atoms with van der Waals surface area (Å²) in [6, 6.07) is 1.90. The molecule has 20 heavy (non-hydrogen) atoms. The molecule has 0 spiro atoms. The van der Waals surface area contributed by atoms with Crippen LogP contribution in [0.25, 0.3) is 0 Å². The number of ether oxygens (including phenoxy) is 1. The van der Waals surface area contributed by atoms with E-state index in [4.69, 9.17) is 9.15 Å². The van der Waals surface area contributed by atoms with Crippen molar-refractivity contribution in [2.45, 2.75) is 38.3 Å². The standard InChI is InChI=1S/C13H24N2O4S/c1-10(2)14-9-12-8-13(11(3)19-12)20(16,17)15(4)6-7-18-5/h8,10,14H,6-7,9H2,1-5H3. The summed E-state index contributed by atoms with van der Waals surface area (Å²) in [7, 11) is -0.452. The highest BCUT2D eigenvalue weighted by atomic mass is 32.2. The van der Waals surface area contributed by atoms with Crippen LogP contribution >= 0.6 is 0 Å². The fourth-order valence-electron chi connectivity index (χ4n) is 1.68. The highest BCUT2D eigenvalue weighted by molar-refractivity contribution is 7.89.